The molecule has 2 unspecified atom stereocenters. The second kappa shape index (κ2) is 14.4. The molecule has 2 N–H and O–H groups in total. The van der Waals surface area contributed by atoms with E-state index in [1.54, 1.807) is 0 Å². The summed E-state index contributed by atoms with van der Waals surface area (Å²) in [5.74, 6) is 0.230. The predicted octanol–water partition coefficient (Wildman–Crippen LogP) is 7.57. The average molecular weight is 580 g/mol. The maximum Gasteiger partial charge on any atom is 0.407 e. The molecule has 1 aliphatic heterocycles. The number of alkyl carbamates (subject to hydrolysis) is 1. The summed E-state index contributed by atoms with van der Waals surface area (Å²) in [6.45, 7) is 9.65. The summed E-state index contributed by atoms with van der Waals surface area (Å²) < 4.78 is 11.0. The summed E-state index contributed by atoms with van der Waals surface area (Å²) in [5, 5.41) is 4.33. The van der Waals surface area contributed by atoms with E-state index < -0.39 is 0 Å². The first kappa shape index (κ1) is 30.4. The van der Waals surface area contributed by atoms with Crippen LogP contribution in [-0.4, -0.2) is 48.8 Å². The number of methoxy groups -OCH3 is 1. The smallest absolute Gasteiger partial charge is 0.407 e. The highest BCUT2D eigenvalue weighted by Gasteiger charge is 2.25. The van der Waals surface area contributed by atoms with Gasteiger partial charge in [0.15, 0.2) is 0 Å². The molecule has 1 amide bonds. The van der Waals surface area contributed by atoms with E-state index in [-0.39, 0.29) is 18.1 Å². The van der Waals surface area contributed by atoms with Gasteiger partial charge in [0.1, 0.15) is 0 Å². The minimum atomic E-state index is -0.383. The lowest BCUT2D eigenvalue weighted by molar-refractivity contribution is 0.152. The van der Waals surface area contributed by atoms with Crippen molar-refractivity contribution in [2.75, 3.05) is 26.8 Å². The zero-order valence-electron chi connectivity index (χ0n) is 26.0. The van der Waals surface area contributed by atoms with Gasteiger partial charge < -0.3 is 19.8 Å². The Balaban J connectivity index is 1.35. The molecule has 2 atom stereocenters. The van der Waals surface area contributed by atoms with E-state index >= 15 is 0 Å². The number of carbonyl (C=O) groups excluding carboxylic acids is 1. The van der Waals surface area contributed by atoms with Gasteiger partial charge in [-0.15, -0.1) is 0 Å². The fourth-order valence-electron chi connectivity index (χ4n) is 6.20. The first-order valence-electron chi connectivity index (χ1n) is 15.5. The maximum atomic E-state index is 12.2. The van der Waals surface area contributed by atoms with Gasteiger partial charge >= 0.3 is 6.09 Å². The van der Waals surface area contributed by atoms with E-state index in [0.29, 0.717) is 6.61 Å². The summed E-state index contributed by atoms with van der Waals surface area (Å²) in [5.41, 5.74) is 9.82. The summed E-state index contributed by atoms with van der Waals surface area (Å²) in [6.07, 6.45) is 18.2. The number of rotatable bonds is 9. The van der Waals surface area contributed by atoms with Gasteiger partial charge in [0.2, 0.25) is 0 Å². The van der Waals surface area contributed by atoms with Crippen molar-refractivity contribution in [3.05, 3.63) is 113 Å². The summed E-state index contributed by atoms with van der Waals surface area (Å²) >= 11 is 0. The van der Waals surface area contributed by atoms with E-state index in [0.717, 1.165) is 62.0 Å². The second-order valence-corrected chi connectivity index (χ2v) is 11.8. The van der Waals surface area contributed by atoms with Crippen LogP contribution < -0.4 is 5.32 Å². The minimum Gasteiger partial charge on any atom is -0.500 e. The molecule has 1 aromatic heterocycles. The highest BCUT2D eigenvalue weighted by molar-refractivity contribution is 5.89. The van der Waals surface area contributed by atoms with Crippen LogP contribution in [0.4, 0.5) is 4.79 Å². The first-order valence-corrected chi connectivity index (χ1v) is 15.5. The lowest BCUT2D eigenvalue weighted by Crippen LogP contribution is -2.47. The molecule has 1 aliphatic carbocycles. The van der Waals surface area contributed by atoms with Crippen LogP contribution in [0.15, 0.2) is 79.1 Å². The topological polar surface area (TPSA) is 66.6 Å². The molecular formula is C37H45N3O3. The fourth-order valence-corrected chi connectivity index (χ4v) is 6.20. The fraction of sp³-hybridized carbons (Fsp3) is 0.378. The summed E-state index contributed by atoms with van der Waals surface area (Å²) in [7, 11) is 1.42. The lowest BCUT2D eigenvalue weighted by atomic mass is 9.92. The van der Waals surface area contributed by atoms with Gasteiger partial charge in [0.05, 0.1) is 26.0 Å². The van der Waals surface area contributed by atoms with Gasteiger partial charge in [-0.05, 0) is 68.0 Å². The van der Waals surface area contributed by atoms with Crippen molar-refractivity contribution >= 4 is 22.6 Å². The van der Waals surface area contributed by atoms with Crippen molar-refractivity contribution in [3.8, 4) is 0 Å². The number of hydrogen-bond donors (Lipinski definition) is 2. The molecule has 3 aromatic rings. The molecule has 6 heteroatoms. The van der Waals surface area contributed by atoms with Crippen molar-refractivity contribution in [2.24, 2.45) is 5.92 Å². The van der Waals surface area contributed by atoms with Gasteiger partial charge in [0, 0.05) is 47.6 Å². The van der Waals surface area contributed by atoms with Crippen LogP contribution in [0.2, 0.25) is 0 Å². The number of ether oxygens (including phenoxy) is 2. The van der Waals surface area contributed by atoms with E-state index in [1.165, 1.54) is 40.4 Å². The lowest BCUT2D eigenvalue weighted by Gasteiger charge is -2.31. The number of carbonyl (C=O) groups is 1. The van der Waals surface area contributed by atoms with Crippen LogP contribution in [0, 0.1) is 19.8 Å². The summed E-state index contributed by atoms with van der Waals surface area (Å²) in [4.78, 5) is 18.4. The van der Waals surface area contributed by atoms with E-state index in [2.05, 4.69) is 109 Å². The maximum absolute atomic E-state index is 12.2. The molecule has 2 aliphatic rings. The van der Waals surface area contributed by atoms with Crippen molar-refractivity contribution in [1.82, 2.24) is 15.2 Å². The van der Waals surface area contributed by atoms with Crippen LogP contribution in [-0.2, 0) is 28.9 Å². The monoisotopic (exact) mass is 579 g/mol. The Morgan fingerprint density at radius 2 is 2.02 bits per heavy atom. The Kier molecular flexibility index (Phi) is 10.2. The molecule has 0 spiro atoms. The number of nitrogens with zero attached hydrogens (tertiary/aromatic N) is 1. The SMILES string of the molecule is CCCN(Cc1[nH]c2cc(C3=COCCc4cc(C)ccc4CC=C3)ccc2c1C)CC(NC(=O)OC)C1C=CC=CC1. The molecule has 2 heterocycles. The first-order chi connectivity index (χ1) is 20.9. The number of benzene rings is 2. The van der Waals surface area contributed by atoms with Crippen LogP contribution >= 0.6 is 0 Å². The van der Waals surface area contributed by atoms with E-state index in [1.807, 2.05) is 6.26 Å². The highest BCUT2D eigenvalue weighted by atomic mass is 16.5. The van der Waals surface area contributed by atoms with Crippen molar-refractivity contribution < 1.29 is 14.3 Å². The number of aryl methyl sites for hydroxylation is 2. The zero-order valence-corrected chi connectivity index (χ0v) is 26.0. The van der Waals surface area contributed by atoms with Crippen LogP contribution in [0.5, 0.6) is 0 Å². The van der Waals surface area contributed by atoms with Crippen molar-refractivity contribution in [2.45, 2.75) is 59.0 Å². The molecule has 6 nitrogen and oxygen atoms in total. The number of nitrogens with one attached hydrogen (secondary N) is 2. The van der Waals surface area contributed by atoms with E-state index in [9.17, 15) is 4.79 Å². The number of allylic oxidation sites excluding steroid dienone is 6. The molecular weight excluding hydrogens is 534 g/mol. The number of fused-ring (bicyclic) bond motifs is 2. The molecule has 0 bridgehead atoms. The number of hydrogen-bond acceptors (Lipinski definition) is 4. The molecule has 43 heavy (non-hydrogen) atoms. The van der Waals surface area contributed by atoms with E-state index in [4.69, 9.17) is 9.47 Å². The Hall–Kier alpha value is -4.03. The molecule has 0 fully saturated rings. The van der Waals surface area contributed by atoms with Gasteiger partial charge in [0.25, 0.3) is 0 Å². The number of H-pyrrole nitrogens is 1. The third-order valence-electron chi connectivity index (χ3n) is 8.59. The number of amides is 1. The van der Waals surface area contributed by atoms with Crippen LogP contribution in [0.3, 0.4) is 0 Å². The molecule has 5 rings (SSSR count). The van der Waals surface area contributed by atoms with Crippen LogP contribution in [0.25, 0.3) is 16.5 Å². The van der Waals surface area contributed by atoms with Gasteiger partial charge in [-0.3, -0.25) is 4.90 Å². The Labute approximate surface area is 256 Å². The molecule has 0 saturated carbocycles. The average Bonchev–Trinajstić information content (AvgIpc) is 3.33. The normalized spacial score (nSPS) is 17.3. The van der Waals surface area contributed by atoms with Gasteiger partial charge in [-0.25, -0.2) is 4.79 Å². The van der Waals surface area contributed by atoms with Crippen molar-refractivity contribution in [1.29, 1.82) is 0 Å². The zero-order chi connectivity index (χ0) is 30.2. The third kappa shape index (κ3) is 7.68. The predicted molar refractivity (Wildman–Crippen MR) is 176 cm³/mol. The minimum absolute atomic E-state index is 0.0428. The largest absolute Gasteiger partial charge is 0.500 e. The summed E-state index contributed by atoms with van der Waals surface area (Å²) in [6, 6.07) is 13.3. The molecule has 226 valence electrons. The van der Waals surface area contributed by atoms with Gasteiger partial charge in [-0.1, -0.05) is 79.3 Å². The number of aromatic amines is 1. The Bertz CT molecular complexity index is 1540. The number of aromatic nitrogens is 1. The Morgan fingerprint density at radius 3 is 2.81 bits per heavy atom. The molecule has 2 aromatic carbocycles. The molecule has 0 radical (unpaired) electrons. The highest BCUT2D eigenvalue weighted by Crippen LogP contribution is 2.28. The van der Waals surface area contributed by atoms with Gasteiger partial charge in [-0.2, -0.15) is 0 Å². The van der Waals surface area contributed by atoms with Crippen molar-refractivity contribution in [3.63, 3.8) is 0 Å². The Morgan fingerprint density at radius 1 is 1.14 bits per heavy atom. The quantitative estimate of drug-likeness (QED) is 0.274. The standard InChI is InChI=1S/C37H45N3O3/c1-5-19-40(24-36(39-37(41)42-4)29-10-7-6-8-11-29)23-35-27(3)33-17-16-30(22-34(33)38-35)32-13-9-12-28-15-14-26(2)21-31(28)18-20-43-25-32/h6-10,13-17,21-22,25,29,36,38H,5,11-12,18-20,23-24H2,1-4H3,(H,39,41). The molecule has 0 saturated heterocycles. The van der Waals surface area contributed by atoms with Crippen LogP contribution in [0.1, 0.15) is 53.3 Å². The third-order valence-corrected chi connectivity index (χ3v) is 8.59. The second-order valence-electron chi connectivity index (χ2n) is 11.8.